The SMILES string of the molecule is CN(C1CCOCC1)C(C)(C)c1cccc(-c2cc(-c3ccnn3C3CCOCC3)c3c(N)ncnn23)c1. The second kappa shape index (κ2) is 10.1. The van der Waals surface area contributed by atoms with Gasteiger partial charge in [0, 0.05) is 55.3 Å². The molecular weight excluding hydrogens is 478 g/mol. The fourth-order valence-electron chi connectivity index (χ4n) is 6.01. The third-order valence-electron chi connectivity index (χ3n) is 8.55. The normalized spacial score (nSPS) is 18.0. The van der Waals surface area contributed by atoms with Crippen molar-refractivity contribution in [3.8, 4) is 22.5 Å². The van der Waals surface area contributed by atoms with Gasteiger partial charge in [0.15, 0.2) is 5.82 Å². The molecule has 0 unspecified atom stereocenters. The van der Waals surface area contributed by atoms with E-state index in [1.165, 1.54) is 11.9 Å². The third-order valence-corrected chi connectivity index (χ3v) is 8.55. The van der Waals surface area contributed by atoms with Gasteiger partial charge in [0.05, 0.1) is 17.4 Å². The average Bonchev–Trinajstić information content (AvgIpc) is 3.59. The Balaban J connectivity index is 1.42. The molecule has 2 aliphatic rings. The Labute approximate surface area is 223 Å². The van der Waals surface area contributed by atoms with Gasteiger partial charge in [-0.15, -0.1) is 0 Å². The Hall–Kier alpha value is -3.27. The second-order valence-corrected chi connectivity index (χ2v) is 10.9. The number of anilines is 1. The zero-order chi connectivity index (χ0) is 26.3. The number of nitrogen functional groups attached to an aromatic ring is 1. The van der Waals surface area contributed by atoms with Gasteiger partial charge < -0.3 is 15.2 Å². The highest BCUT2D eigenvalue weighted by atomic mass is 16.5. The topological polar surface area (TPSA) is 95.7 Å². The predicted molar refractivity (Wildman–Crippen MR) is 148 cm³/mol. The van der Waals surface area contributed by atoms with E-state index in [2.05, 4.69) is 77.0 Å². The second-order valence-electron chi connectivity index (χ2n) is 10.9. The molecule has 6 rings (SSSR count). The molecule has 2 aliphatic heterocycles. The molecule has 5 heterocycles. The summed E-state index contributed by atoms with van der Waals surface area (Å²) in [6, 6.07) is 13.8. The first kappa shape index (κ1) is 25.0. The molecule has 9 heteroatoms. The van der Waals surface area contributed by atoms with Crippen LogP contribution in [0.15, 0.2) is 48.9 Å². The van der Waals surface area contributed by atoms with E-state index in [1.54, 1.807) is 0 Å². The molecule has 38 heavy (non-hydrogen) atoms. The number of benzene rings is 1. The van der Waals surface area contributed by atoms with Crippen molar-refractivity contribution in [3.63, 3.8) is 0 Å². The first-order valence-corrected chi connectivity index (χ1v) is 13.6. The molecule has 0 amide bonds. The fourth-order valence-corrected chi connectivity index (χ4v) is 6.01. The summed E-state index contributed by atoms with van der Waals surface area (Å²) in [4.78, 5) is 6.84. The standard InChI is InChI=1S/C29H37N7O2/c1-29(2,34(3)22-8-13-37-14-9-22)21-6-4-5-20(17-21)26-18-24(27-28(30)31-19-33-36(26)27)25-7-12-32-35(25)23-10-15-38-16-11-23/h4-7,12,17-19,22-23H,8-11,13-16H2,1-3H3,(H2,30,31,33). The fraction of sp³-hybridized carbons (Fsp3) is 0.483. The molecule has 0 aliphatic carbocycles. The highest BCUT2D eigenvalue weighted by Gasteiger charge is 2.32. The van der Waals surface area contributed by atoms with E-state index in [9.17, 15) is 0 Å². The summed E-state index contributed by atoms with van der Waals surface area (Å²) in [6.07, 6.45) is 7.39. The van der Waals surface area contributed by atoms with Crippen LogP contribution in [0.3, 0.4) is 0 Å². The first-order chi connectivity index (χ1) is 18.4. The molecule has 0 spiro atoms. The van der Waals surface area contributed by atoms with Crippen LogP contribution >= 0.6 is 0 Å². The van der Waals surface area contributed by atoms with E-state index in [0.717, 1.165) is 80.1 Å². The van der Waals surface area contributed by atoms with Gasteiger partial charge in [-0.2, -0.15) is 10.2 Å². The van der Waals surface area contributed by atoms with E-state index in [0.29, 0.717) is 17.9 Å². The summed E-state index contributed by atoms with van der Waals surface area (Å²) in [6.45, 7) is 7.76. The molecule has 0 atom stereocenters. The van der Waals surface area contributed by atoms with Crippen LogP contribution in [-0.2, 0) is 15.0 Å². The van der Waals surface area contributed by atoms with E-state index in [-0.39, 0.29) is 5.54 Å². The lowest BCUT2D eigenvalue weighted by Crippen LogP contribution is -2.47. The first-order valence-electron chi connectivity index (χ1n) is 13.6. The molecule has 9 nitrogen and oxygen atoms in total. The number of rotatable bonds is 6. The quantitative estimate of drug-likeness (QED) is 0.403. The highest BCUT2D eigenvalue weighted by Crippen LogP contribution is 2.38. The van der Waals surface area contributed by atoms with Gasteiger partial charge in [-0.3, -0.25) is 9.58 Å². The molecule has 4 aromatic rings. The van der Waals surface area contributed by atoms with Crippen LogP contribution in [0.4, 0.5) is 5.82 Å². The minimum absolute atomic E-state index is 0.149. The van der Waals surface area contributed by atoms with E-state index < -0.39 is 0 Å². The summed E-state index contributed by atoms with van der Waals surface area (Å²) >= 11 is 0. The van der Waals surface area contributed by atoms with Gasteiger partial charge in [0.25, 0.3) is 0 Å². The number of ether oxygens (including phenoxy) is 2. The zero-order valence-corrected chi connectivity index (χ0v) is 22.5. The van der Waals surface area contributed by atoms with Crippen molar-refractivity contribution in [1.29, 1.82) is 0 Å². The van der Waals surface area contributed by atoms with Crippen molar-refractivity contribution < 1.29 is 9.47 Å². The molecule has 2 N–H and O–H groups in total. The minimum atomic E-state index is -0.149. The molecule has 0 bridgehead atoms. The number of fused-ring (bicyclic) bond motifs is 1. The van der Waals surface area contributed by atoms with Gasteiger partial charge in [0.1, 0.15) is 11.8 Å². The summed E-state index contributed by atoms with van der Waals surface area (Å²) in [7, 11) is 2.23. The number of nitrogens with two attached hydrogens (primary N) is 1. The summed E-state index contributed by atoms with van der Waals surface area (Å²) in [5, 5.41) is 9.34. The predicted octanol–water partition coefficient (Wildman–Crippen LogP) is 4.54. The summed E-state index contributed by atoms with van der Waals surface area (Å²) in [5.74, 6) is 0.455. The Morgan fingerprint density at radius 1 is 0.947 bits per heavy atom. The third kappa shape index (κ3) is 4.38. The molecule has 1 aromatic carbocycles. The van der Waals surface area contributed by atoms with Crippen molar-refractivity contribution in [2.75, 3.05) is 39.2 Å². The molecule has 0 radical (unpaired) electrons. The smallest absolute Gasteiger partial charge is 0.152 e. The Bertz CT molecular complexity index is 1410. The van der Waals surface area contributed by atoms with Crippen molar-refractivity contribution >= 4 is 11.3 Å². The van der Waals surface area contributed by atoms with Crippen LogP contribution in [0.25, 0.3) is 28.0 Å². The Morgan fingerprint density at radius 3 is 2.45 bits per heavy atom. The van der Waals surface area contributed by atoms with Crippen LogP contribution in [0.5, 0.6) is 0 Å². The van der Waals surface area contributed by atoms with Crippen LogP contribution < -0.4 is 5.73 Å². The van der Waals surface area contributed by atoms with Crippen molar-refractivity contribution in [2.24, 2.45) is 0 Å². The van der Waals surface area contributed by atoms with Crippen molar-refractivity contribution in [3.05, 3.63) is 54.5 Å². The van der Waals surface area contributed by atoms with Gasteiger partial charge in [-0.25, -0.2) is 9.50 Å². The van der Waals surface area contributed by atoms with Crippen LogP contribution in [-0.4, -0.2) is 68.8 Å². The lowest BCUT2D eigenvalue weighted by atomic mass is 9.88. The maximum absolute atomic E-state index is 6.47. The Kier molecular flexibility index (Phi) is 6.67. The van der Waals surface area contributed by atoms with Gasteiger partial charge >= 0.3 is 0 Å². The largest absolute Gasteiger partial charge is 0.382 e. The van der Waals surface area contributed by atoms with Crippen LogP contribution in [0.1, 0.15) is 51.1 Å². The van der Waals surface area contributed by atoms with E-state index in [4.69, 9.17) is 20.3 Å². The molecular formula is C29H37N7O2. The number of hydrogen-bond donors (Lipinski definition) is 1. The van der Waals surface area contributed by atoms with Crippen molar-refractivity contribution in [2.45, 2.75) is 57.2 Å². The Morgan fingerprint density at radius 2 is 1.68 bits per heavy atom. The lowest BCUT2D eigenvalue weighted by molar-refractivity contribution is 0.00555. The zero-order valence-electron chi connectivity index (χ0n) is 22.5. The maximum Gasteiger partial charge on any atom is 0.152 e. The maximum atomic E-state index is 6.47. The van der Waals surface area contributed by atoms with Crippen LogP contribution in [0.2, 0.25) is 0 Å². The van der Waals surface area contributed by atoms with Gasteiger partial charge in [0.2, 0.25) is 0 Å². The summed E-state index contributed by atoms with van der Waals surface area (Å²) in [5.41, 5.74) is 12.5. The number of aromatic nitrogens is 5. The van der Waals surface area contributed by atoms with Gasteiger partial charge in [-0.1, -0.05) is 18.2 Å². The average molecular weight is 516 g/mol. The molecule has 3 aromatic heterocycles. The van der Waals surface area contributed by atoms with E-state index >= 15 is 0 Å². The van der Waals surface area contributed by atoms with E-state index in [1.807, 2.05) is 10.7 Å². The highest BCUT2D eigenvalue weighted by molar-refractivity contribution is 5.91. The number of nitrogens with zero attached hydrogens (tertiary/aromatic N) is 6. The number of hydrogen-bond acceptors (Lipinski definition) is 7. The molecule has 0 saturated carbocycles. The summed E-state index contributed by atoms with van der Waals surface area (Å²) < 4.78 is 15.3. The van der Waals surface area contributed by atoms with Gasteiger partial charge in [-0.05, 0) is 70.3 Å². The van der Waals surface area contributed by atoms with Crippen molar-refractivity contribution in [1.82, 2.24) is 29.3 Å². The molecule has 200 valence electrons. The minimum Gasteiger partial charge on any atom is -0.382 e. The van der Waals surface area contributed by atoms with Crippen LogP contribution in [0, 0.1) is 0 Å². The molecule has 2 saturated heterocycles. The lowest BCUT2D eigenvalue weighted by Gasteiger charge is -2.43. The molecule has 2 fully saturated rings. The monoisotopic (exact) mass is 515 g/mol.